The monoisotopic (exact) mass is 457 g/mol. The van der Waals surface area contributed by atoms with Gasteiger partial charge in [-0.25, -0.2) is 15.0 Å². The first kappa shape index (κ1) is 21.1. The second kappa shape index (κ2) is 8.99. The Kier molecular flexibility index (Phi) is 5.75. The molecule has 2 heterocycles. The van der Waals surface area contributed by atoms with E-state index in [1.165, 1.54) is 34.4 Å². The maximum absolute atomic E-state index is 6.13. The lowest BCUT2D eigenvalue weighted by Gasteiger charge is -2.12. The van der Waals surface area contributed by atoms with Crippen LogP contribution in [0.1, 0.15) is 5.56 Å². The van der Waals surface area contributed by atoms with E-state index in [2.05, 4.69) is 57.0 Å². The molecule has 33 heavy (non-hydrogen) atoms. The first-order valence-corrected chi connectivity index (χ1v) is 11.3. The summed E-state index contributed by atoms with van der Waals surface area (Å²) in [7, 11) is 3.30. The van der Waals surface area contributed by atoms with Gasteiger partial charge in [-0.2, -0.15) is 0 Å². The van der Waals surface area contributed by atoms with Gasteiger partial charge in [-0.15, -0.1) is 0 Å². The van der Waals surface area contributed by atoms with E-state index in [1.54, 1.807) is 14.2 Å². The highest BCUT2D eigenvalue weighted by Gasteiger charge is 2.18. The number of anilines is 1. The number of hydrogen-bond acceptors (Lipinski definition) is 7. The standard InChI is InChI=1S/C25H23N5O2S/c1-31-18-10-11-20(32-2)21(14-18)33-25-29-22-23(26)27-15-28-24(22)30(25)13-12-17-8-5-7-16-6-3-4-9-19(16)17/h3-11,14-15H,12-13H2,1-2H3,(H2,26,27,28). The molecule has 2 N–H and O–H groups in total. The number of aromatic nitrogens is 4. The van der Waals surface area contributed by atoms with Gasteiger partial charge in [0.15, 0.2) is 22.1 Å². The average molecular weight is 458 g/mol. The highest BCUT2D eigenvalue weighted by Crippen LogP contribution is 2.38. The predicted molar refractivity (Wildman–Crippen MR) is 131 cm³/mol. The number of aryl methyl sites for hydroxylation is 2. The molecule has 7 nitrogen and oxygen atoms in total. The van der Waals surface area contributed by atoms with Crippen LogP contribution < -0.4 is 15.2 Å². The molecule has 0 radical (unpaired) electrons. The molecule has 0 aliphatic rings. The summed E-state index contributed by atoms with van der Waals surface area (Å²) in [6, 6.07) is 20.5. The molecule has 2 aromatic heterocycles. The largest absolute Gasteiger partial charge is 0.497 e. The summed E-state index contributed by atoms with van der Waals surface area (Å²) in [4.78, 5) is 14.3. The maximum Gasteiger partial charge on any atom is 0.175 e. The SMILES string of the molecule is COc1ccc(OC)c(Sc2nc3c(N)ncnc3n2CCc2cccc3ccccc23)c1. The molecule has 0 fully saturated rings. The van der Waals surface area contributed by atoms with E-state index in [4.69, 9.17) is 20.2 Å². The van der Waals surface area contributed by atoms with Crippen molar-refractivity contribution in [3.8, 4) is 11.5 Å². The van der Waals surface area contributed by atoms with Crippen molar-refractivity contribution in [2.45, 2.75) is 23.0 Å². The van der Waals surface area contributed by atoms with Crippen LogP contribution >= 0.6 is 11.8 Å². The molecule has 0 atom stereocenters. The Balaban J connectivity index is 1.56. The Bertz CT molecular complexity index is 1440. The Morgan fingerprint density at radius 2 is 1.82 bits per heavy atom. The van der Waals surface area contributed by atoms with Crippen molar-refractivity contribution in [3.63, 3.8) is 0 Å². The smallest absolute Gasteiger partial charge is 0.175 e. The third-order valence-electron chi connectivity index (χ3n) is 5.58. The molecule has 8 heteroatoms. The van der Waals surface area contributed by atoms with Crippen molar-refractivity contribution in [2.24, 2.45) is 0 Å². The Morgan fingerprint density at radius 3 is 2.67 bits per heavy atom. The van der Waals surface area contributed by atoms with Crippen LogP contribution in [-0.4, -0.2) is 33.7 Å². The minimum Gasteiger partial charge on any atom is -0.497 e. The van der Waals surface area contributed by atoms with Gasteiger partial charge in [0, 0.05) is 6.54 Å². The van der Waals surface area contributed by atoms with Crippen LogP contribution in [0.5, 0.6) is 11.5 Å². The fourth-order valence-corrected chi connectivity index (χ4v) is 4.97. The first-order valence-electron chi connectivity index (χ1n) is 10.5. The number of nitrogens with two attached hydrogens (primary N) is 1. The molecule has 0 spiro atoms. The predicted octanol–water partition coefficient (Wildman–Crippen LogP) is 4.97. The van der Waals surface area contributed by atoms with Gasteiger partial charge in [0.2, 0.25) is 0 Å². The number of hydrogen-bond donors (Lipinski definition) is 1. The maximum atomic E-state index is 6.13. The number of nitrogen functional groups attached to an aromatic ring is 1. The minimum absolute atomic E-state index is 0.364. The number of nitrogens with zero attached hydrogens (tertiary/aromatic N) is 4. The van der Waals surface area contributed by atoms with Crippen LogP contribution in [0.25, 0.3) is 21.9 Å². The summed E-state index contributed by atoms with van der Waals surface area (Å²) in [5.41, 5.74) is 8.72. The Hall–Kier alpha value is -3.78. The van der Waals surface area contributed by atoms with Gasteiger partial charge in [-0.3, -0.25) is 0 Å². The van der Waals surface area contributed by atoms with Crippen LogP contribution in [-0.2, 0) is 13.0 Å². The molecule has 5 rings (SSSR count). The van der Waals surface area contributed by atoms with Crippen LogP contribution in [0.2, 0.25) is 0 Å². The summed E-state index contributed by atoms with van der Waals surface area (Å²) in [6.45, 7) is 0.690. The first-order chi connectivity index (χ1) is 16.2. The average Bonchev–Trinajstić information content (AvgIpc) is 3.21. The Labute approximate surface area is 195 Å². The summed E-state index contributed by atoms with van der Waals surface area (Å²) in [5.74, 6) is 1.85. The highest BCUT2D eigenvalue weighted by atomic mass is 32.2. The van der Waals surface area contributed by atoms with E-state index < -0.39 is 0 Å². The lowest BCUT2D eigenvalue weighted by molar-refractivity contribution is 0.394. The van der Waals surface area contributed by atoms with E-state index in [0.717, 1.165) is 28.0 Å². The van der Waals surface area contributed by atoms with Crippen molar-refractivity contribution < 1.29 is 9.47 Å². The zero-order chi connectivity index (χ0) is 22.8. The van der Waals surface area contributed by atoms with E-state index in [1.807, 2.05) is 18.2 Å². The topological polar surface area (TPSA) is 88.1 Å². The molecular formula is C25H23N5O2S. The molecule has 166 valence electrons. The fourth-order valence-electron chi connectivity index (χ4n) is 3.92. The molecule has 0 aliphatic heterocycles. The lowest BCUT2D eigenvalue weighted by atomic mass is 10.0. The van der Waals surface area contributed by atoms with Gasteiger partial charge in [-0.05, 0) is 52.7 Å². The van der Waals surface area contributed by atoms with Crippen molar-refractivity contribution >= 4 is 39.5 Å². The molecule has 0 bridgehead atoms. The second-order valence-corrected chi connectivity index (χ2v) is 8.49. The molecule has 0 unspecified atom stereocenters. The molecule has 0 aliphatic carbocycles. The van der Waals surface area contributed by atoms with Gasteiger partial charge in [-0.1, -0.05) is 42.5 Å². The zero-order valence-corrected chi connectivity index (χ0v) is 19.2. The van der Waals surface area contributed by atoms with E-state index in [-0.39, 0.29) is 0 Å². The number of methoxy groups -OCH3 is 2. The third-order valence-corrected chi connectivity index (χ3v) is 6.62. The number of fused-ring (bicyclic) bond motifs is 2. The number of ether oxygens (including phenoxy) is 2. The van der Waals surface area contributed by atoms with Crippen molar-refractivity contribution in [2.75, 3.05) is 20.0 Å². The third kappa shape index (κ3) is 4.05. The van der Waals surface area contributed by atoms with Crippen molar-refractivity contribution in [1.29, 1.82) is 0 Å². The summed E-state index contributed by atoms with van der Waals surface area (Å²) >= 11 is 1.49. The van der Waals surface area contributed by atoms with Gasteiger partial charge in [0.1, 0.15) is 17.8 Å². The molecule has 0 saturated heterocycles. The molecular weight excluding hydrogens is 434 g/mol. The van der Waals surface area contributed by atoms with Gasteiger partial charge in [0.25, 0.3) is 0 Å². The van der Waals surface area contributed by atoms with Crippen LogP contribution in [0.15, 0.2) is 77.0 Å². The van der Waals surface area contributed by atoms with Crippen LogP contribution in [0.3, 0.4) is 0 Å². The summed E-state index contributed by atoms with van der Waals surface area (Å²) in [6.07, 6.45) is 2.30. The van der Waals surface area contributed by atoms with Gasteiger partial charge in [0.05, 0.1) is 19.1 Å². The molecule has 5 aromatic rings. The van der Waals surface area contributed by atoms with Crippen LogP contribution in [0.4, 0.5) is 5.82 Å². The molecule has 0 amide bonds. The zero-order valence-electron chi connectivity index (χ0n) is 18.4. The lowest BCUT2D eigenvalue weighted by Crippen LogP contribution is -2.05. The second-order valence-electron chi connectivity index (χ2n) is 7.48. The number of rotatable bonds is 7. The number of imidazole rings is 1. The van der Waals surface area contributed by atoms with Crippen molar-refractivity contribution in [1.82, 2.24) is 19.5 Å². The summed E-state index contributed by atoms with van der Waals surface area (Å²) < 4.78 is 13.1. The van der Waals surface area contributed by atoms with E-state index in [0.29, 0.717) is 23.5 Å². The molecule has 3 aromatic carbocycles. The van der Waals surface area contributed by atoms with E-state index >= 15 is 0 Å². The fraction of sp³-hybridized carbons (Fsp3) is 0.160. The minimum atomic E-state index is 0.364. The Morgan fingerprint density at radius 1 is 0.970 bits per heavy atom. The number of benzene rings is 3. The van der Waals surface area contributed by atoms with Crippen molar-refractivity contribution in [3.05, 3.63) is 72.6 Å². The van der Waals surface area contributed by atoms with E-state index in [9.17, 15) is 0 Å². The van der Waals surface area contributed by atoms with Crippen LogP contribution in [0, 0.1) is 0 Å². The summed E-state index contributed by atoms with van der Waals surface area (Å²) in [5, 5.41) is 3.25. The molecule has 0 saturated carbocycles. The normalized spacial score (nSPS) is 11.2. The highest BCUT2D eigenvalue weighted by molar-refractivity contribution is 7.99. The van der Waals surface area contributed by atoms with Gasteiger partial charge < -0.3 is 19.8 Å². The quantitative estimate of drug-likeness (QED) is 0.369. The van der Waals surface area contributed by atoms with Gasteiger partial charge >= 0.3 is 0 Å².